The molecule has 0 N–H and O–H groups in total. The molecular formula is C16H13BrF2O. The normalized spacial score (nSPS) is 15.2. The second-order valence-electron chi connectivity index (χ2n) is 4.89. The van der Waals surface area contributed by atoms with Gasteiger partial charge in [-0.25, -0.2) is 8.78 Å². The zero-order valence-corrected chi connectivity index (χ0v) is 12.3. The van der Waals surface area contributed by atoms with Crippen molar-refractivity contribution in [2.45, 2.75) is 24.5 Å². The standard InChI is InChI=1S/C16H13BrF2O/c17-14(7-13-15(18)2-1-3-16(13)19)10-4-5-11-8-20-9-12(11)6-10/h1-6,14H,7-9H2. The summed E-state index contributed by atoms with van der Waals surface area (Å²) in [6, 6.07) is 9.99. The van der Waals surface area contributed by atoms with Gasteiger partial charge in [0.25, 0.3) is 0 Å². The third-order valence-corrected chi connectivity index (χ3v) is 4.40. The van der Waals surface area contributed by atoms with Crippen molar-refractivity contribution in [2.75, 3.05) is 0 Å². The van der Waals surface area contributed by atoms with E-state index in [1.165, 1.54) is 23.8 Å². The van der Waals surface area contributed by atoms with Crippen molar-refractivity contribution in [2.24, 2.45) is 0 Å². The molecule has 2 aromatic carbocycles. The highest BCUT2D eigenvalue weighted by atomic mass is 79.9. The number of benzene rings is 2. The first-order valence-electron chi connectivity index (χ1n) is 6.41. The van der Waals surface area contributed by atoms with Gasteiger partial charge in [0, 0.05) is 10.4 Å². The van der Waals surface area contributed by atoms with Crippen LogP contribution in [0.4, 0.5) is 8.78 Å². The van der Waals surface area contributed by atoms with Gasteiger partial charge in [0.15, 0.2) is 0 Å². The SMILES string of the molecule is Fc1cccc(F)c1CC(Br)c1ccc2c(c1)COC2. The highest BCUT2D eigenvalue weighted by Crippen LogP contribution is 2.32. The molecule has 3 rings (SSSR count). The molecule has 20 heavy (non-hydrogen) atoms. The van der Waals surface area contributed by atoms with Crippen molar-refractivity contribution < 1.29 is 13.5 Å². The zero-order valence-electron chi connectivity index (χ0n) is 10.7. The Kier molecular flexibility index (Phi) is 3.85. The molecule has 1 heterocycles. The van der Waals surface area contributed by atoms with Crippen molar-refractivity contribution in [1.82, 2.24) is 0 Å². The zero-order chi connectivity index (χ0) is 14.1. The monoisotopic (exact) mass is 338 g/mol. The van der Waals surface area contributed by atoms with Crippen LogP contribution in [0, 0.1) is 11.6 Å². The first kappa shape index (κ1) is 13.7. The van der Waals surface area contributed by atoms with Crippen LogP contribution in [-0.2, 0) is 24.4 Å². The molecule has 1 atom stereocenters. The van der Waals surface area contributed by atoms with E-state index in [0.29, 0.717) is 13.2 Å². The average Bonchev–Trinajstić information content (AvgIpc) is 2.90. The number of hydrogen-bond acceptors (Lipinski definition) is 1. The lowest BCUT2D eigenvalue weighted by Crippen LogP contribution is -2.02. The molecule has 0 saturated carbocycles. The van der Waals surface area contributed by atoms with Crippen molar-refractivity contribution in [3.63, 3.8) is 0 Å². The lowest BCUT2D eigenvalue weighted by molar-refractivity contribution is 0.134. The Hall–Kier alpha value is -1.26. The van der Waals surface area contributed by atoms with Crippen molar-refractivity contribution in [3.05, 3.63) is 70.3 Å². The number of halogens is 3. The van der Waals surface area contributed by atoms with E-state index in [-0.39, 0.29) is 16.8 Å². The molecule has 1 unspecified atom stereocenters. The number of rotatable bonds is 3. The van der Waals surface area contributed by atoms with Gasteiger partial charge in [0.05, 0.1) is 13.2 Å². The van der Waals surface area contributed by atoms with Crippen LogP contribution in [-0.4, -0.2) is 0 Å². The van der Waals surface area contributed by atoms with Gasteiger partial charge in [-0.2, -0.15) is 0 Å². The van der Waals surface area contributed by atoms with Crippen LogP contribution in [0.15, 0.2) is 36.4 Å². The summed E-state index contributed by atoms with van der Waals surface area (Å²) in [5.74, 6) is -1.00. The summed E-state index contributed by atoms with van der Waals surface area (Å²) >= 11 is 3.53. The van der Waals surface area contributed by atoms with E-state index < -0.39 is 11.6 Å². The van der Waals surface area contributed by atoms with Crippen molar-refractivity contribution >= 4 is 15.9 Å². The van der Waals surface area contributed by atoms with Crippen LogP contribution in [0.3, 0.4) is 0 Å². The summed E-state index contributed by atoms with van der Waals surface area (Å²) in [4.78, 5) is -0.125. The van der Waals surface area contributed by atoms with Crippen LogP contribution in [0.2, 0.25) is 0 Å². The van der Waals surface area contributed by atoms with Crippen LogP contribution < -0.4 is 0 Å². The quantitative estimate of drug-likeness (QED) is 0.738. The molecule has 1 aliphatic heterocycles. The Balaban J connectivity index is 1.84. The highest BCUT2D eigenvalue weighted by Gasteiger charge is 2.18. The van der Waals surface area contributed by atoms with E-state index >= 15 is 0 Å². The topological polar surface area (TPSA) is 9.23 Å². The Morgan fingerprint density at radius 1 is 1.05 bits per heavy atom. The Morgan fingerprint density at radius 2 is 1.75 bits per heavy atom. The Bertz CT molecular complexity index is 622. The summed E-state index contributed by atoms with van der Waals surface area (Å²) in [5, 5.41) is 0. The number of alkyl halides is 1. The van der Waals surface area contributed by atoms with Gasteiger partial charge in [-0.1, -0.05) is 40.2 Å². The van der Waals surface area contributed by atoms with Gasteiger partial charge in [-0.05, 0) is 35.2 Å². The summed E-state index contributed by atoms with van der Waals surface area (Å²) in [7, 11) is 0. The van der Waals surface area contributed by atoms with Crippen LogP contribution in [0.1, 0.15) is 27.1 Å². The largest absolute Gasteiger partial charge is 0.372 e. The Labute approximate surface area is 124 Å². The molecular weight excluding hydrogens is 326 g/mol. The average molecular weight is 339 g/mol. The van der Waals surface area contributed by atoms with E-state index in [1.807, 2.05) is 18.2 Å². The minimum atomic E-state index is -0.501. The summed E-state index contributed by atoms with van der Waals surface area (Å²) in [5.41, 5.74) is 3.47. The molecule has 0 amide bonds. The van der Waals surface area contributed by atoms with Gasteiger partial charge < -0.3 is 4.74 Å². The molecule has 0 saturated heterocycles. The molecule has 0 radical (unpaired) electrons. The van der Waals surface area contributed by atoms with Gasteiger partial charge in [-0.3, -0.25) is 0 Å². The second kappa shape index (κ2) is 5.62. The van der Waals surface area contributed by atoms with E-state index in [0.717, 1.165) is 11.1 Å². The second-order valence-corrected chi connectivity index (χ2v) is 6.00. The minimum Gasteiger partial charge on any atom is -0.372 e. The van der Waals surface area contributed by atoms with Crippen LogP contribution in [0.5, 0.6) is 0 Å². The molecule has 4 heteroatoms. The van der Waals surface area contributed by atoms with E-state index in [2.05, 4.69) is 15.9 Å². The van der Waals surface area contributed by atoms with E-state index in [1.54, 1.807) is 0 Å². The summed E-state index contributed by atoms with van der Waals surface area (Å²) in [6.07, 6.45) is 0.276. The van der Waals surface area contributed by atoms with Crippen molar-refractivity contribution in [1.29, 1.82) is 0 Å². The third kappa shape index (κ3) is 2.63. The molecule has 2 aromatic rings. The fourth-order valence-corrected chi connectivity index (χ4v) is 3.02. The maximum absolute atomic E-state index is 13.7. The maximum Gasteiger partial charge on any atom is 0.129 e. The van der Waals surface area contributed by atoms with Crippen LogP contribution >= 0.6 is 15.9 Å². The van der Waals surface area contributed by atoms with Crippen LogP contribution in [0.25, 0.3) is 0 Å². The lowest BCUT2D eigenvalue weighted by atomic mass is 10.00. The molecule has 1 aliphatic rings. The molecule has 0 spiro atoms. The Morgan fingerprint density at radius 3 is 2.50 bits per heavy atom. The number of hydrogen-bond donors (Lipinski definition) is 0. The summed E-state index contributed by atoms with van der Waals surface area (Å²) < 4.78 is 32.7. The van der Waals surface area contributed by atoms with Crippen molar-refractivity contribution in [3.8, 4) is 0 Å². The van der Waals surface area contributed by atoms with Gasteiger partial charge >= 0.3 is 0 Å². The van der Waals surface area contributed by atoms with Gasteiger partial charge in [-0.15, -0.1) is 0 Å². The van der Waals surface area contributed by atoms with E-state index in [9.17, 15) is 8.78 Å². The fourth-order valence-electron chi connectivity index (χ4n) is 2.41. The maximum atomic E-state index is 13.7. The lowest BCUT2D eigenvalue weighted by Gasteiger charge is -2.13. The highest BCUT2D eigenvalue weighted by molar-refractivity contribution is 9.09. The first-order valence-corrected chi connectivity index (χ1v) is 7.33. The predicted octanol–water partition coefficient (Wildman–Crippen LogP) is 4.67. The molecule has 0 aliphatic carbocycles. The molecule has 0 fully saturated rings. The number of ether oxygens (including phenoxy) is 1. The molecule has 1 nitrogen and oxygen atoms in total. The van der Waals surface area contributed by atoms with E-state index in [4.69, 9.17) is 4.74 Å². The summed E-state index contributed by atoms with van der Waals surface area (Å²) in [6.45, 7) is 1.25. The third-order valence-electron chi connectivity index (χ3n) is 3.55. The molecule has 0 aromatic heterocycles. The predicted molar refractivity (Wildman–Crippen MR) is 76.7 cm³/mol. The first-order chi connectivity index (χ1) is 9.65. The fraction of sp³-hybridized carbons (Fsp3) is 0.250. The minimum absolute atomic E-state index is 0.117. The molecule has 0 bridgehead atoms. The van der Waals surface area contributed by atoms with Gasteiger partial charge in [0.1, 0.15) is 11.6 Å². The number of fused-ring (bicyclic) bond motifs is 1. The van der Waals surface area contributed by atoms with Gasteiger partial charge in [0.2, 0.25) is 0 Å². The smallest absolute Gasteiger partial charge is 0.129 e. The molecule has 104 valence electrons.